The fraction of sp³-hybridized carbons (Fsp3) is 0.500. The zero-order valence-corrected chi connectivity index (χ0v) is 10.1. The predicted molar refractivity (Wildman–Crippen MR) is 65.8 cm³/mol. The van der Waals surface area contributed by atoms with Crippen LogP contribution in [0.2, 0.25) is 5.02 Å². The minimum atomic E-state index is 0.471. The minimum Gasteiger partial charge on any atom is -0.317 e. The molecule has 3 rings (SSSR count). The molecule has 0 saturated carbocycles. The number of halogens is 1. The van der Waals surface area contributed by atoms with Crippen LogP contribution in [0.4, 0.5) is 0 Å². The van der Waals surface area contributed by atoms with E-state index in [0.717, 1.165) is 18.1 Å². The monoisotopic (exact) mass is 239 g/mol. The number of hydrogen-bond donors (Lipinski definition) is 1. The molecule has 2 aliphatic rings. The standard InChI is InChI=1S/C12H14ClNS/c13-10-1-2-11-9(7-10)8-12(15-11)3-5-14-6-4-12/h1-2,7,14H,3-6,8H2. The van der Waals surface area contributed by atoms with Gasteiger partial charge in [0.25, 0.3) is 0 Å². The van der Waals surface area contributed by atoms with E-state index in [1.165, 1.54) is 29.7 Å². The molecular formula is C12H14ClNS. The number of benzene rings is 1. The molecule has 1 aromatic carbocycles. The van der Waals surface area contributed by atoms with E-state index in [9.17, 15) is 0 Å². The summed E-state index contributed by atoms with van der Waals surface area (Å²) in [6.07, 6.45) is 3.77. The topological polar surface area (TPSA) is 12.0 Å². The van der Waals surface area contributed by atoms with Crippen LogP contribution in [0.1, 0.15) is 18.4 Å². The lowest BCUT2D eigenvalue weighted by molar-refractivity contribution is 0.417. The first-order valence-corrected chi connectivity index (χ1v) is 6.65. The number of nitrogens with one attached hydrogen (secondary N) is 1. The molecule has 0 atom stereocenters. The van der Waals surface area contributed by atoms with Gasteiger partial charge in [-0.05, 0) is 56.1 Å². The van der Waals surface area contributed by atoms with Crippen molar-refractivity contribution in [3.8, 4) is 0 Å². The predicted octanol–water partition coefficient (Wildman–Crippen LogP) is 3.11. The Balaban J connectivity index is 1.90. The molecule has 80 valence electrons. The van der Waals surface area contributed by atoms with E-state index in [0.29, 0.717) is 4.75 Å². The second-order valence-electron chi connectivity index (χ2n) is 4.46. The lowest BCUT2D eigenvalue weighted by atomic mass is 9.90. The van der Waals surface area contributed by atoms with Crippen molar-refractivity contribution in [2.24, 2.45) is 0 Å². The molecule has 0 unspecified atom stereocenters. The summed E-state index contributed by atoms with van der Waals surface area (Å²) in [6, 6.07) is 6.33. The molecule has 2 aliphatic heterocycles. The molecule has 1 N–H and O–H groups in total. The van der Waals surface area contributed by atoms with Gasteiger partial charge in [0.15, 0.2) is 0 Å². The maximum Gasteiger partial charge on any atom is 0.0409 e. The van der Waals surface area contributed by atoms with Gasteiger partial charge < -0.3 is 5.32 Å². The van der Waals surface area contributed by atoms with Crippen molar-refractivity contribution >= 4 is 23.4 Å². The van der Waals surface area contributed by atoms with Crippen LogP contribution >= 0.6 is 23.4 Å². The SMILES string of the molecule is Clc1ccc2c(c1)CC1(CCNCC1)S2. The van der Waals surface area contributed by atoms with Crippen LogP contribution in [0.5, 0.6) is 0 Å². The Morgan fingerprint density at radius 1 is 1.27 bits per heavy atom. The second-order valence-corrected chi connectivity index (χ2v) is 6.41. The molecule has 0 radical (unpaired) electrons. The van der Waals surface area contributed by atoms with Crippen molar-refractivity contribution in [3.05, 3.63) is 28.8 Å². The average molecular weight is 240 g/mol. The fourth-order valence-electron chi connectivity index (χ4n) is 2.56. The summed E-state index contributed by atoms with van der Waals surface area (Å²) in [5, 5.41) is 4.31. The molecule has 0 amide bonds. The van der Waals surface area contributed by atoms with E-state index < -0.39 is 0 Å². The minimum absolute atomic E-state index is 0.471. The van der Waals surface area contributed by atoms with E-state index in [1.807, 2.05) is 6.07 Å². The van der Waals surface area contributed by atoms with Crippen molar-refractivity contribution in [3.63, 3.8) is 0 Å². The molecular weight excluding hydrogens is 226 g/mol. The highest BCUT2D eigenvalue weighted by atomic mass is 35.5. The fourth-order valence-corrected chi connectivity index (χ4v) is 4.26. The van der Waals surface area contributed by atoms with Crippen LogP contribution in [0.25, 0.3) is 0 Å². The average Bonchev–Trinajstić information content (AvgIpc) is 2.56. The maximum atomic E-state index is 6.03. The Bertz CT molecular complexity index is 385. The first kappa shape index (κ1) is 10.0. The molecule has 1 saturated heterocycles. The van der Waals surface area contributed by atoms with Crippen molar-refractivity contribution in [2.45, 2.75) is 28.9 Å². The highest BCUT2D eigenvalue weighted by molar-refractivity contribution is 8.01. The van der Waals surface area contributed by atoms with Crippen molar-refractivity contribution in [1.82, 2.24) is 5.32 Å². The quantitative estimate of drug-likeness (QED) is 0.747. The van der Waals surface area contributed by atoms with Crippen LogP contribution in [0, 0.1) is 0 Å². The number of rotatable bonds is 0. The first-order valence-electron chi connectivity index (χ1n) is 5.46. The van der Waals surface area contributed by atoms with Gasteiger partial charge in [-0.15, -0.1) is 11.8 Å². The zero-order valence-electron chi connectivity index (χ0n) is 8.55. The maximum absolute atomic E-state index is 6.03. The van der Waals surface area contributed by atoms with Crippen molar-refractivity contribution in [2.75, 3.05) is 13.1 Å². The lowest BCUT2D eigenvalue weighted by Crippen LogP contribution is -2.39. The van der Waals surface area contributed by atoms with E-state index in [2.05, 4.69) is 29.2 Å². The molecule has 1 spiro atoms. The first-order chi connectivity index (χ1) is 7.27. The largest absolute Gasteiger partial charge is 0.317 e. The number of thioether (sulfide) groups is 1. The summed E-state index contributed by atoms with van der Waals surface area (Å²) in [4.78, 5) is 1.45. The van der Waals surface area contributed by atoms with E-state index in [-0.39, 0.29) is 0 Å². The van der Waals surface area contributed by atoms with Gasteiger partial charge in [0.05, 0.1) is 0 Å². The number of fused-ring (bicyclic) bond motifs is 1. The van der Waals surface area contributed by atoms with Crippen LogP contribution in [0.3, 0.4) is 0 Å². The normalized spacial score (nSPS) is 23.0. The summed E-state index contributed by atoms with van der Waals surface area (Å²) < 4.78 is 0.471. The van der Waals surface area contributed by atoms with Gasteiger partial charge in [-0.2, -0.15) is 0 Å². The summed E-state index contributed by atoms with van der Waals surface area (Å²) >= 11 is 8.10. The van der Waals surface area contributed by atoms with E-state index in [4.69, 9.17) is 11.6 Å². The van der Waals surface area contributed by atoms with E-state index >= 15 is 0 Å². The van der Waals surface area contributed by atoms with Gasteiger partial charge in [0.2, 0.25) is 0 Å². The summed E-state index contributed by atoms with van der Waals surface area (Å²) in [6.45, 7) is 2.32. The Hall–Kier alpha value is -0.180. The van der Waals surface area contributed by atoms with Crippen molar-refractivity contribution in [1.29, 1.82) is 0 Å². The van der Waals surface area contributed by atoms with Crippen molar-refractivity contribution < 1.29 is 0 Å². The molecule has 1 aromatic rings. The smallest absolute Gasteiger partial charge is 0.0409 e. The summed E-state index contributed by atoms with van der Waals surface area (Å²) in [5.41, 5.74) is 1.45. The molecule has 0 aromatic heterocycles. The third-order valence-corrected chi connectivity index (χ3v) is 5.22. The van der Waals surface area contributed by atoms with Gasteiger partial charge >= 0.3 is 0 Å². The van der Waals surface area contributed by atoms with Crippen LogP contribution in [-0.2, 0) is 6.42 Å². The Morgan fingerprint density at radius 3 is 2.87 bits per heavy atom. The Kier molecular flexibility index (Phi) is 2.46. The second kappa shape index (κ2) is 3.69. The van der Waals surface area contributed by atoms with Crippen LogP contribution in [0.15, 0.2) is 23.1 Å². The molecule has 3 heteroatoms. The van der Waals surface area contributed by atoms with Gasteiger partial charge in [-0.25, -0.2) is 0 Å². The molecule has 1 nitrogen and oxygen atoms in total. The Morgan fingerprint density at radius 2 is 2.07 bits per heavy atom. The Labute approximate surface area is 99.6 Å². The van der Waals surface area contributed by atoms with E-state index in [1.54, 1.807) is 0 Å². The summed E-state index contributed by atoms with van der Waals surface area (Å²) in [5.74, 6) is 0. The number of piperidine rings is 1. The highest BCUT2D eigenvalue weighted by Gasteiger charge is 2.38. The zero-order chi connectivity index (χ0) is 10.3. The molecule has 0 bridgehead atoms. The third kappa shape index (κ3) is 1.79. The number of hydrogen-bond acceptors (Lipinski definition) is 2. The van der Waals surface area contributed by atoms with Gasteiger partial charge in [-0.1, -0.05) is 11.6 Å². The third-order valence-electron chi connectivity index (χ3n) is 3.38. The highest BCUT2D eigenvalue weighted by Crippen LogP contribution is 2.50. The van der Waals surface area contributed by atoms with Gasteiger partial charge in [0, 0.05) is 14.7 Å². The van der Waals surface area contributed by atoms with Gasteiger partial charge in [-0.3, -0.25) is 0 Å². The van der Waals surface area contributed by atoms with Gasteiger partial charge in [0.1, 0.15) is 0 Å². The molecule has 0 aliphatic carbocycles. The van der Waals surface area contributed by atoms with Crippen LogP contribution < -0.4 is 5.32 Å². The molecule has 2 heterocycles. The lowest BCUT2D eigenvalue weighted by Gasteiger charge is -2.32. The molecule has 15 heavy (non-hydrogen) atoms. The van der Waals surface area contributed by atoms with Crippen LogP contribution in [-0.4, -0.2) is 17.8 Å². The molecule has 1 fully saturated rings. The summed E-state index contributed by atoms with van der Waals surface area (Å²) in [7, 11) is 0.